The molecule has 0 saturated carbocycles. The van der Waals surface area contributed by atoms with Crippen LogP contribution in [0.4, 0.5) is 0 Å². The number of ether oxygens (including phenoxy) is 2. The number of rotatable bonds is 3. The van der Waals surface area contributed by atoms with Gasteiger partial charge in [-0.05, 0) is 20.8 Å². The third kappa shape index (κ3) is 58.0. The van der Waals surface area contributed by atoms with Crippen molar-refractivity contribution in [2.75, 3.05) is 25.2 Å². The molecule has 0 aromatic heterocycles. The molecule has 3 nitrogen and oxygen atoms in total. The standard InChI is InChI=1S/C4H8O2.C4H10O.CH2Cl2/c1-3-6-4(2)5;1-3-5-4-2;2-1-3/h3H2,1-2H3;3-4H2,1-2H3;1H2. The van der Waals surface area contributed by atoms with Crippen LogP contribution in [-0.4, -0.2) is 31.1 Å². The number of hydrogen-bond acceptors (Lipinski definition) is 3. The molecule has 0 saturated heterocycles. The average molecular weight is 247 g/mol. The summed E-state index contributed by atoms with van der Waals surface area (Å²) in [6.07, 6.45) is 0. The van der Waals surface area contributed by atoms with Crippen LogP contribution in [0.1, 0.15) is 27.7 Å². The summed E-state index contributed by atoms with van der Waals surface area (Å²) in [6.45, 7) is 9.32. The van der Waals surface area contributed by atoms with Crippen LogP contribution in [0.3, 0.4) is 0 Å². The van der Waals surface area contributed by atoms with E-state index in [0.717, 1.165) is 13.2 Å². The summed E-state index contributed by atoms with van der Waals surface area (Å²) in [5.41, 5.74) is 0. The monoisotopic (exact) mass is 246 g/mol. The van der Waals surface area contributed by atoms with Crippen LogP contribution in [0.15, 0.2) is 0 Å². The summed E-state index contributed by atoms with van der Waals surface area (Å²) in [5, 5.41) is 0.194. The van der Waals surface area contributed by atoms with Crippen LogP contribution < -0.4 is 0 Å². The topological polar surface area (TPSA) is 35.5 Å². The molecule has 5 heteroatoms. The number of carbonyl (C=O) groups is 1. The van der Waals surface area contributed by atoms with Crippen LogP contribution in [0.25, 0.3) is 0 Å². The Bertz CT molecular complexity index is 98.1. The molecule has 0 aliphatic carbocycles. The molecule has 0 bridgehead atoms. The predicted octanol–water partition coefficient (Wildman–Crippen LogP) is 3.03. The molecule has 0 unspecified atom stereocenters. The number of hydrogen-bond donors (Lipinski definition) is 0. The van der Waals surface area contributed by atoms with Crippen molar-refractivity contribution in [3.05, 3.63) is 0 Å². The maximum absolute atomic E-state index is 9.82. The highest BCUT2D eigenvalue weighted by Crippen LogP contribution is 1.73. The lowest BCUT2D eigenvalue weighted by molar-refractivity contribution is -0.140. The van der Waals surface area contributed by atoms with E-state index in [-0.39, 0.29) is 11.3 Å². The van der Waals surface area contributed by atoms with Gasteiger partial charge >= 0.3 is 5.97 Å². The van der Waals surface area contributed by atoms with E-state index in [9.17, 15) is 4.79 Å². The molecule has 0 aromatic carbocycles. The van der Waals surface area contributed by atoms with E-state index in [4.69, 9.17) is 27.9 Å². The minimum atomic E-state index is -0.211. The Morgan fingerprint density at radius 2 is 1.43 bits per heavy atom. The van der Waals surface area contributed by atoms with Gasteiger partial charge in [-0.2, -0.15) is 0 Å². The molecule has 0 rings (SSSR count). The normalized spacial score (nSPS) is 7.57. The number of carbonyl (C=O) groups excluding carboxylic acids is 1. The van der Waals surface area contributed by atoms with Crippen LogP contribution in [0.5, 0.6) is 0 Å². The second-order valence-electron chi connectivity index (χ2n) is 1.81. The van der Waals surface area contributed by atoms with Crippen molar-refractivity contribution < 1.29 is 14.3 Å². The second kappa shape index (κ2) is 23.1. The maximum Gasteiger partial charge on any atom is 0.302 e. The van der Waals surface area contributed by atoms with Crippen molar-refractivity contribution in [3.63, 3.8) is 0 Å². The van der Waals surface area contributed by atoms with E-state index in [1.165, 1.54) is 6.92 Å². The fourth-order valence-corrected chi connectivity index (χ4v) is 0.407. The van der Waals surface area contributed by atoms with Crippen LogP contribution in [-0.2, 0) is 14.3 Å². The SMILES string of the molecule is CCOC(C)=O.CCOCC.ClCCl. The van der Waals surface area contributed by atoms with Gasteiger partial charge in [0.25, 0.3) is 0 Å². The van der Waals surface area contributed by atoms with Gasteiger partial charge in [0.15, 0.2) is 0 Å². The summed E-state index contributed by atoms with van der Waals surface area (Å²) in [7, 11) is 0. The molecule has 88 valence electrons. The van der Waals surface area contributed by atoms with E-state index in [0.29, 0.717) is 6.61 Å². The van der Waals surface area contributed by atoms with E-state index < -0.39 is 0 Å². The summed E-state index contributed by atoms with van der Waals surface area (Å²) < 4.78 is 9.24. The first-order chi connectivity index (χ1) is 6.60. The summed E-state index contributed by atoms with van der Waals surface area (Å²) in [4.78, 5) is 9.82. The first kappa shape index (κ1) is 19.6. The minimum absolute atomic E-state index is 0.194. The van der Waals surface area contributed by atoms with Crippen molar-refractivity contribution in [2.24, 2.45) is 0 Å². The Balaban J connectivity index is -0.000000138. The Morgan fingerprint density at radius 1 is 1.07 bits per heavy atom. The summed E-state index contributed by atoms with van der Waals surface area (Å²) >= 11 is 9.53. The molecule has 0 atom stereocenters. The zero-order chi connectivity index (χ0) is 11.8. The molecular formula is C9H20Cl2O3. The van der Waals surface area contributed by atoms with E-state index in [1.807, 2.05) is 13.8 Å². The molecule has 14 heavy (non-hydrogen) atoms. The first-order valence-corrected chi connectivity index (χ1v) is 5.50. The van der Waals surface area contributed by atoms with E-state index >= 15 is 0 Å². The van der Waals surface area contributed by atoms with Crippen molar-refractivity contribution in [2.45, 2.75) is 27.7 Å². The smallest absolute Gasteiger partial charge is 0.302 e. The Hall–Kier alpha value is 0.01000. The largest absolute Gasteiger partial charge is 0.466 e. The highest BCUT2D eigenvalue weighted by Gasteiger charge is 1.81. The molecule has 0 N–H and O–H groups in total. The highest BCUT2D eigenvalue weighted by atomic mass is 35.5. The molecular weight excluding hydrogens is 227 g/mol. The van der Waals surface area contributed by atoms with Crippen LogP contribution in [0, 0.1) is 0 Å². The van der Waals surface area contributed by atoms with Gasteiger partial charge < -0.3 is 9.47 Å². The van der Waals surface area contributed by atoms with Gasteiger partial charge in [-0.3, -0.25) is 4.79 Å². The third-order valence-corrected chi connectivity index (χ3v) is 0.756. The molecule has 0 aromatic rings. The van der Waals surface area contributed by atoms with Gasteiger partial charge in [0, 0.05) is 20.1 Å². The van der Waals surface area contributed by atoms with Gasteiger partial charge in [0.1, 0.15) is 0 Å². The van der Waals surface area contributed by atoms with Gasteiger partial charge in [-0.15, -0.1) is 23.2 Å². The van der Waals surface area contributed by atoms with Gasteiger partial charge in [0.05, 0.1) is 11.9 Å². The maximum atomic E-state index is 9.82. The van der Waals surface area contributed by atoms with Crippen molar-refractivity contribution in [3.8, 4) is 0 Å². The first-order valence-electron chi connectivity index (χ1n) is 4.43. The molecule has 0 heterocycles. The Kier molecular flexibility index (Phi) is 32.3. The molecule has 0 aliphatic rings. The number of halogens is 2. The highest BCUT2D eigenvalue weighted by molar-refractivity contribution is 6.40. The third-order valence-electron chi connectivity index (χ3n) is 0.756. The summed E-state index contributed by atoms with van der Waals surface area (Å²) in [5.74, 6) is -0.211. The van der Waals surface area contributed by atoms with Gasteiger partial charge in [-0.25, -0.2) is 0 Å². The number of esters is 1. The Morgan fingerprint density at radius 3 is 1.43 bits per heavy atom. The number of alkyl halides is 2. The van der Waals surface area contributed by atoms with Gasteiger partial charge in [0.2, 0.25) is 0 Å². The van der Waals surface area contributed by atoms with Crippen LogP contribution in [0.2, 0.25) is 0 Å². The van der Waals surface area contributed by atoms with Crippen molar-refractivity contribution in [1.82, 2.24) is 0 Å². The van der Waals surface area contributed by atoms with E-state index in [2.05, 4.69) is 4.74 Å². The average Bonchev–Trinajstić information content (AvgIpc) is 2.07. The zero-order valence-corrected chi connectivity index (χ0v) is 10.8. The fourth-order valence-electron chi connectivity index (χ4n) is 0.407. The quantitative estimate of drug-likeness (QED) is 0.568. The predicted molar refractivity (Wildman–Crippen MR) is 61.0 cm³/mol. The van der Waals surface area contributed by atoms with E-state index in [1.54, 1.807) is 6.92 Å². The lowest BCUT2D eigenvalue weighted by Crippen LogP contribution is -1.95. The minimum Gasteiger partial charge on any atom is -0.466 e. The van der Waals surface area contributed by atoms with Crippen LogP contribution >= 0.6 is 23.2 Å². The Labute approximate surface area is 96.7 Å². The fraction of sp³-hybridized carbons (Fsp3) is 0.889. The molecule has 0 radical (unpaired) electrons. The van der Waals surface area contributed by atoms with Gasteiger partial charge in [-0.1, -0.05) is 0 Å². The van der Waals surface area contributed by atoms with Crippen molar-refractivity contribution >= 4 is 29.2 Å². The van der Waals surface area contributed by atoms with Crippen molar-refractivity contribution in [1.29, 1.82) is 0 Å². The molecule has 0 spiro atoms. The summed E-state index contributed by atoms with van der Waals surface area (Å²) in [6, 6.07) is 0. The molecule has 0 aliphatic heterocycles. The molecule has 0 fully saturated rings. The molecule has 0 amide bonds. The lowest BCUT2D eigenvalue weighted by atomic mass is 10.8. The second-order valence-corrected chi connectivity index (χ2v) is 2.62. The lowest BCUT2D eigenvalue weighted by Gasteiger charge is -1.89. The zero-order valence-electron chi connectivity index (χ0n) is 9.31.